The monoisotopic (exact) mass is 404 g/mol. The van der Waals surface area contributed by atoms with E-state index < -0.39 is 0 Å². The van der Waals surface area contributed by atoms with Crippen molar-refractivity contribution in [3.05, 3.63) is 60.2 Å². The zero-order valence-corrected chi connectivity index (χ0v) is 18.3. The third kappa shape index (κ3) is 3.57. The molecule has 0 radical (unpaired) electrons. The van der Waals surface area contributed by atoms with Gasteiger partial charge in [-0.05, 0) is 72.7 Å². The molecule has 1 aromatic carbocycles. The molecular formula is C28H36O2. The van der Waals surface area contributed by atoms with Gasteiger partial charge in [-0.1, -0.05) is 80.3 Å². The third-order valence-corrected chi connectivity index (χ3v) is 8.77. The van der Waals surface area contributed by atoms with Crippen molar-refractivity contribution >= 4 is 5.97 Å². The fourth-order valence-corrected chi connectivity index (χ4v) is 7.44. The molecule has 2 fully saturated rings. The summed E-state index contributed by atoms with van der Waals surface area (Å²) in [7, 11) is 1.52. The van der Waals surface area contributed by atoms with Gasteiger partial charge in [0, 0.05) is 0 Å². The summed E-state index contributed by atoms with van der Waals surface area (Å²) in [4.78, 5) is 12.2. The van der Waals surface area contributed by atoms with Gasteiger partial charge in [0.05, 0.1) is 13.0 Å². The van der Waals surface area contributed by atoms with Crippen molar-refractivity contribution in [2.45, 2.75) is 51.4 Å². The maximum atomic E-state index is 12.2. The summed E-state index contributed by atoms with van der Waals surface area (Å²) >= 11 is 0. The second kappa shape index (κ2) is 8.73. The maximum Gasteiger partial charge on any atom is 0.313 e. The highest BCUT2D eigenvalue weighted by Crippen LogP contribution is 2.67. The van der Waals surface area contributed by atoms with E-state index in [1.807, 2.05) is 0 Å². The molecular weight excluding hydrogens is 368 g/mol. The van der Waals surface area contributed by atoms with Gasteiger partial charge in [-0.25, -0.2) is 0 Å². The number of aryl methyl sites for hydroxylation is 1. The number of benzene rings is 1. The third-order valence-electron chi connectivity index (χ3n) is 8.77. The Morgan fingerprint density at radius 3 is 2.50 bits per heavy atom. The molecule has 0 saturated heterocycles. The number of methoxy groups -OCH3 is 1. The van der Waals surface area contributed by atoms with Crippen LogP contribution in [-0.4, -0.2) is 13.1 Å². The first-order valence-electron chi connectivity index (χ1n) is 12.3. The lowest BCUT2D eigenvalue weighted by Gasteiger charge is -2.54. The van der Waals surface area contributed by atoms with Crippen LogP contribution in [0.1, 0.15) is 50.5 Å². The summed E-state index contributed by atoms with van der Waals surface area (Å²) < 4.78 is 5.08. The highest BCUT2D eigenvalue weighted by atomic mass is 16.5. The highest BCUT2D eigenvalue weighted by Gasteiger charge is 2.62. The van der Waals surface area contributed by atoms with Crippen LogP contribution in [0.15, 0.2) is 54.6 Å². The minimum atomic E-state index is -0.0536. The number of rotatable bonds is 9. The molecule has 0 amide bonds. The number of allylic oxidation sites excluding steroid dienone is 3. The first-order chi connectivity index (χ1) is 14.8. The van der Waals surface area contributed by atoms with E-state index in [4.69, 9.17) is 4.74 Å². The summed E-state index contributed by atoms with van der Waals surface area (Å²) in [5.41, 5.74) is 1.48. The van der Waals surface area contributed by atoms with Gasteiger partial charge in [-0.2, -0.15) is 0 Å². The van der Waals surface area contributed by atoms with Gasteiger partial charge in [0.2, 0.25) is 0 Å². The minimum absolute atomic E-state index is 0.0515. The lowest BCUT2D eigenvalue weighted by Crippen LogP contribution is -2.50. The standard InChI is InChI=1S/C28H36O2/c1-30-28(29)24-15-14-20-18-25-21(22-16-17-23(24)26(20)27(22)25)13-9-4-2-3-6-10-19-11-7-5-8-12-19/h5,7-8,11-12,14-17,20-27H,2-4,6,9-10,13,18H2,1H3/t20-,21-,22-,23+,24-,25+,26-,27-/m1/s1. The normalized spacial score (nSPS) is 37.5. The molecule has 2 nitrogen and oxygen atoms in total. The molecule has 0 aromatic heterocycles. The Morgan fingerprint density at radius 2 is 1.67 bits per heavy atom. The first kappa shape index (κ1) is 20.1. The number of ether oxygens (including phenoxy) is 1. The van der Waals surface area contributed by atoms with Crippen LogP contribution in [0.2, 0.25) is 0 Å². The van der Waals surface area contributed by atoms with Crippen LogP contribution in [0.4, 0.5) is 0 Å². The van der Waals surface area contributed by atoms with Gasteiger partial charge >= 0.3 is 5.97 Å². The van der Waals surface area contributed by atoms with Crippen LogP contribution in [0.3, 0.4) is 0 Å². The Bertz CT molecular complexity index is 794. The van der Waals surface area contributed by atoms with Crippen LogP contribution in [0.25, 0.3) is 0 Å². The summed E-state index contributed by atoms with van der Waals surface area (Å²) in [5, 5.41) is 0. The topological polar surface area (TPSA) is 26.3 Å². The van der Waals surface area contributed by atoms with Crippen molar-refractivity contribution in [2.24, 2.45) is 47.3 Å². The second-order valence-electron chi connectivity index (χ2n) is 10.1. The molecule has 0 spiro atoms. The van der Waals surface area contributed by atoms with Gasteiger partial charge in [-0.15, -0.1) is 0 Å². The van der Waals surface area contributed by atoms with Crippen LogP contribution < -0.4 is 0 Å². The fourth-order valence-electron chi connectivity index (χ4n) is 7.44. The molecule has 2 saturated carbocycles. The van der Waals surface area contributed by atoms with Gasteiger partial charge in [0.1, 0.15) is 0 Å². The second-order valence-corrected chi connectivity index (χ2v) is 10.1. The van der Waals surface area contributed by atoms with Crippen molar-refractivity contribution in [3.63, 3.8) is 0 Å². The number of carbonyl (C=O) groups is 1. The van der Waals surface area contributed by atoms with E-state index in [0.717, 1.165) is 23.7 Å². The zero-order valence-electron chi connectivity index (χ0n) is 18.3. The number of unbranched alkanes of at least 4 members (excludes halogenated alkanes) is 4. The van der Waals surface area contributed by atoms with E-state index in [-0.39, 0.29) is 11.9 Å². The predicted octanol–water partition coefficient (Wildman–Crippen LogP) is 6.23. The van der Waals surface area contributed by atoms with Crippen LogP contribution >= 0.6 is 0 Å². The molecule has 4 aliphatic rings. The minimum Gasteiger partial charge on any atom is -0.469 e. The van der Waals surface area contributed by atoms with Crippen molar-refractivity contribution < 1.29 is 9.53 Å². The average molecular weight is 405 g/mol. The molecule has 0 N–H and O–H groups in total. The van der Waals surface area contributed by atoms with Crippen LogP contribution in [-0.2, 0) is 16.0 Å². The van der Waals surface area contributed by atoms with Crippen molar-refractivity contribution in [1.82, 2.24) is 0 Å². The Balaban J connectivity index is 1.08. The van der Waals surface area contributed by atoms with Gasteiger partial charge < -0.3 is 4.74 Å². The van der Waals surface area contributed by atoms with Crippen LogP contribution in [0.5, 0.6) is 0 Å². The number of hydrogen-bond acceptors (Lipinski definition) is 2. The lowest BCUT2D eigenvalue weighted by molar-refractivity contribution is -0.146. The molecule has 0 bridgehead atoms. The first-order valence-corrected chi connectivity index (χ1v) is 12.3. The molecule has 4 aliphatic carbocycles. The Kier molecular flexibility index (Phi) is 5.85. The molecule has 2 heteroatoms. The molecule has 160 valence electrons. The predicted molar refractivity (Wildman–Crippen MR) is 121 cm³/mol. The van der Waals surface area contributed by atoms with E-state index in [9.17, 15) is 4.79 Å². The Morgan fingerprint density at radius 1 is 0.900 bits per heavy atom. The molecule has 0 aliphatic heterocycles. The SMILES string of the molecule is COC(=O)[C@@H]1C=C[C@@H]2C[C@H]3[C@H](CCCCCCCc4ccccc4)[C@H]4C=C[C@@H]1[C@@H]2[C@H]43. The molecule has 0 unspecified atom stereocenters. The van der Waals surface area contributed by atoms with Crippen LogP contribution in [0, 0.1) is 47.3 Å². The van der Waals surface area contributed by atoms with E-state index >= 15 is 0 Å². The average Bonchev–Trinajstić information content (AvgIpc) is 3.13. The van der Waals surface area contributed by atoms with E-state index in [1.165, 1.54) is 64.0 Å². The summed E-state index contributed by atoms with van der Waals surface area (Å²) in [6, 6.07) is 10.9. The molecule has 30 heavy (non-hydrogen) atoms. The van der Waals surface area contributed by atoms with Crippen molar-refractivity contribution in [1.29, 1.82) is 0 Å². The number of carbonyl (C=O) groups excluding carboxylic acids is 1. The maximum absolute atomic E-state index is 12.2. The molecule has 0 heterocycles. The number of esters is 1. The smallest absolute Gasteiger partial charge is 0.313 e. The summed E-state index contributed by atoms with van der Waals surface area (Å²) in [5.74, 6) is 5.07. The molecule has 1 aromatic rings. The van der Waals surface area contributed by atoms with Gasteiger partial charge in [0.25, 0.3) is 0 Å². The van der Waals surface area contributed by atoms with E-state index in [1.54, 1.807) is 0 Å². The molecule has 8 atom stereocenters. The zero-order chi connectivity index (χ0) is 20.5. The van der Waals surface area contributed by atoms with E-state index in [0.29, 0.717) is 17.8 Å². The molecule has 5 rings (SSSR count). The van der Waals surface area contributed by atoms with E-state index in [2.05, 4.69) is 54.6 Å². The van der Waals surface area contributed by atoms with Crippen molar-refractivity contribution in [2.75, 3.05) is 7.11 Å². The highest BCUT2D eigenvalue weighted by molar-refractivity contribution is 5.75. The fraction of sp³-hybridized carbons (Fsp3) is 0.607. The summed E-state index contributed by atoms with van der Waals surface area (Å²) in [6.45, 7) is 0. The van der Waals surface area contributed by atoms with Gasteiger partial charge in [-0.3, -0.25) is 4.79 Å². The Hall–Kier alpha value is -1.83. The largest absolute Gasteiger partial charge is 0.469 e. The van der Waals surface area contributed by atoms with Crippen molar-refractivity contribution in [3.8, 4) is 0 Å². The lowest BCUT2D eigenvalue weighted by atomic mass is 9.50. The Labute approximate surface area is 181 Å². The summed E-state index contributed by atoms with van der Waals surface area (Å²) in [6.07, 6.45) is 20.2. The van der Waals surface area contributed by atoms with Gasteiger partial charge in [0.15, 0.2) is 0 Å². The number of hydrogen-bond donors (Lipinski definition) is 0. The quantitative estimate of drug-likeness (QED) is 0.277.